The van der Waals surface area contributed by atoms with Crippen molar-refractivity contribution in [3.63, 3.8) is 0 Å². The molecule has 1 amide bonds. The van der Waals surface area contributed by atoms with Crippen LogP contribution in [0.2, 0.25) is 10.0 Å². The highest BCUT2D eigenvalue weighted by Gasteiger charge is 2.24. The van der Waals surface area contributed by atoms with E-state index in [1.54, 1.807) is 23.1 Å². The number of nitrogens with zero attached hydrogens (tertiary/aromatic N) is 2. The van der Waals surface area contributed by atoms with Crippen molar-refractivity contribution in [2.75, 3.05) is 4.90 Å². The summed E-state index contributed by atoms with van der Waals surface area (Å²) < 4.78 is 1.05. The van der Waals surface area contributed by atoms with Crippen LogP contribution in [0.25, 0.3) is 10.2 Å². The molecule has 0 radical (unpaired) electrons. The van der Waals surface area contributed by atoms with Crippen molar-refractivity contribution in [2.45, 2.75) is 20.4 Å². The average molecular weight is 441 g/mol. The standard InChI is InChI=1S/C23H18Cl2N2OS/c1-14-10-20-21(11-15(14)2)29-23(26-20)27(13-16-6-4-3-5-7-16)22(28)18-12-17(24)8-9-19(18)25/h3-12H,13H2,1-2H3. The molecule has 0 saturated heterocycles. The lowest BCUT2D eigenvalue weighted by Gasteiger charge is -2.21. The molecular formula is C23H18Cl2N2OS. The van der Waals surface area contributed by atoms with E-state index in [2.05, 4.69) is 26.0 Å². The molecule has 0 aliphatic carbocycles. The van der Waals surface area contributed by atoms with Gasteiger partial charge in [0.2, 0.25) is 0 Å². The van der Waals surface area contributed by atoms with Gasteiger partial charge in [0.15, 0.2) is 5.13 Å². The second-order valence-electron chi connectivity index (χ2n) is 6.90. The second-order valence-corrected chi connectivity index (χ2v) is 8.75. The van der Waals surface area contributed by atoms with Gasteiger partial charge in [-0.3, -0.25) is 9.69 Å². The van der Waals surface area contributed by atoms with Crippen molar-refractivity contribution >= 4 is 55.8 Å². The first-order valence-electron chi connectivity index (χ1n) is 9.11. The molecule has 29 heavy (non-hydrogen) atoms. The number of thiazole rings is 1. The van der Waals surface area contributed by atoms with Gasteiger partial charge in [0.1, 0.15) is 0 Å². The Morgan fingerprint density at radius 2 is 1.72 bits per heavy atom. The van der Waals surface area contributed by atoms with Crippen molar-refractivity contribution in [3.8, 4) is 0 Å². The van der Waals surface area contributed by atoms with Gasteiger partial charge in [-0.1, -0.05) is 64.9 Å². The van der Waals surface area contributed by atoms with Crippen LogP contribution in [0.5, 0.6) is 0 Å². The molecule has 0 fully saturated rings. The molecule has 0 atom stereocenters. The normalized spacial score (nSPS) is 11.0. The predicted octanol–water partition coefficient (Wildman–Crippen LogP) is 7.07. The van der Waals surface area contributed by atoms with E-state index in [0.29, 0.717) is 27.3 Å². The largest absolute Gasteiger partial charge is 0.279 e. The molecule has 0 saturated carbocycles. The monoisotopic (exact) mass is 440 g/mol. The Kier molecular flexibility index (Phi) is 5.59. The van der Waals surface area contributed by atoms with Crippen LogP contribution in [0.1, 0.15) is 27.0 Å². The molecule has 4 rings (SSSR count). The summed E-state index contributed by atoms with van der Waals surface area (Å²) in [7, 11) is 0. The lowest BCUT2D eigenvalue weighted by molar-refractivity contribution is 0.0985. The van der Waals surface area contributed by atoms with Gasteiger partial charge in [-0.15, -0.1) is 0 Å². The molecular weight excluding hydrogens is 423 g/mol. The highest BCUT2D eigenvalue weighted by Crippen LogP contribution is 2.33. The fourth-order valence-electron chi connectivity index (χ4n) is 3.08. The molecule has 0 bridgehead atoms. The van der Waals surface area contributed by atoms with E-state index in [1.165, 1.54) is 22.5 Å². The van der Waals surface area contributed by atoms with Crippen molar-refractivity contribution < 1.29 is 4.79 Å². The summed E-state index contributed by atoms with van der Waals surface area (Å²) in [6.07, 6.45) is 0. The maximum absolute atomic E-state index is 13.5. The molecule has 1 aromatic heterocycles. The van der Waals surface area contributed by atoms with Gasteiger partial charge in [-0.25, -0.2) is 4.98 Å². The number of aryl methyl sites for hydroxylation is 2. The molecule has 4 aromatic rings. The number of benzene rings is 3. The Morgan fingerprint density at radius 1 is 1.00 bits per heavy atom. The van der Waals surface area contributed by atoms with Crippen molar-refractivity contribution in [1.29, 1.82) is 0 Å². The SMILES string of the molecule is Cc1cc2nc(N(Cc3ccccc3)C(=O)c3cc(Cl)ccc3Cl)sc2cc1C. The topological polar surface area (TPSA) is 33.2 Å². The summed E-state index contributed by atoms with van der Waals surface area (Å²) in [5, 5.41) is 1.47. The van der Waals surface area contributed by atoms with E-state index < -0.39 is 0 Å². The molecule has 0 aliphatic rings. The number of rotatable bonds is 4. The predicted molar refractivity (Wildman–Crippen MR) is 123 cm³/mol. The molecule has 3 nitrogen and oxygen atoms in total. The van der Waals surface area contributed by atoms with E-state index in [9.17, 15) is 4.79 Å². The lowest BCUT2D eigenvalue weighted by atomic mass is 10.1. The van der Waals surface area contributed by atoms with Gasteiger partial charge in [-0.2, -0.15) is 0 Å². The maximum atomic E-state index is 13.5. The van der Waals surface area contributed by atoms with Gasteiger partial charge >= 0.3 is 0 Å². The quantitative estimate of drug-likeness (QED) is 0.339. The number of aromatic nitrogens is 1. The van der Waals surface area contributed by atoms with Gasteiger partial charge in [0.05, 0.1) is 27.3 Å². The summed E-state index contributed by atoms with van der Waals surface area (Å²) in [5.41, 5.74) is 4.63. The van der Waals surface area contributed by atoms with Crippen LogP contribution >= 0.6 is 34.5 Å². The number of amides is 1. The van der Waals surface area contributed by atoms with Crippen molar-refractivity contribution in [2.24, 2.45) is 0 Å². The minimum Gasteiger partial charge on any atom is -0.279 e. The van der Waals surface area contributed by atoms with E-state index >= 15 is 0 Å². The van der Waals surface area contributed by atoms with E-state index in [4.69, 9.17) is 28.2 Å². The number of hydrogen-bond donors (Lipinski definition) is 0. The first kappa shape index (κ1) is 19.9. The summed E-state index contributed by atoms with van der Waals surface area (Å²) in [6.45, 7) is 4.53. The van der Waals surface area contributed by atoms with Crippen LogP contribution in [0, 0.1) is 13.8 Å². The number of carbonyl (C=O) groups excluding carboxylic acids is 1. The fraction of sp³-hybridized carbons (Fsp3) is 0.130. The Bertz CT molecular complexity index is 1170. The Morgan fingerprint density at radius 3 is 2.48 bits per heavy atom. The van der Waals surface area contributed by atoms with Gasteiger partial charge in [0.25, 0.3) is 5.91 Å². The maximum Gasteiger partial charge on any atom is 0.261 e. The third kappa shape index (κ3) is 4.15. The molecule has 0 N–H and O–H groups in total. The van der Waals surface area contributed by atoms with Gasteiger partial charge < -0.3 is 0 Å². The highest BCUT2D eigenvalue weighted by molar-refractivity contribution is 7.22. The number of hydrogen-bond acceptors (Lipinski definition) is 3. The smallest absolute Gasteiger partial charge is 0.261 e. The summed E-state index contributed by atoms with van der Waals surface area (Å²) in [6, 6.07) is 18.9. The molecule has 0 unspecified atom stereocenters. The van der Waals surface area contributed by atoms with Crippen LogP contribution < -0.4 is 4.90 Å². The summed E-state index contributed by atoms with van der Waals surface area (Å²) in [4.78, 5) is 19.9. The number of fused-ring (bicyclic) bond motifs is 1. The van der Waals surface area contributed by atoms with Crippen molar-refractivity contribution in [1.82, 2.24) is 4.98 Å². The van der Waals surface area contributed by atoms with Crippen LogP contribution in [0.3, 0.4) is 0 Å². The van der Waals surface area contributed by atoms with Crippen LogP contribution in [-0.4, -0.2) is 10.9 Å². The number of carbonyl (C=O) groups is 1. The molecule has 6 heteroatoms. The molecule has 146 valence electrons. The highest BCUT2D eigenvalue weighted by atomic mass is 35.5. The van der Waals surface area contributed by atoms with Gasteiger partial charge in [-0.05, 0) is 60.9 Å². The molecule has 3 aromatic carbocycles. The van der Waals surface area contributed by atoms with Crippen LogP contribution in [0.15, 0.2) is 60.7 Å². The minimum atomic E-state index is -0.228. The first-order chi connectivity index (χ1) is 13.9. The Hall–Kier alpha value is -2.40. The van der Waals surface area contributed by atoms with Crippen LogP contribution in [-0.2, 0) is 6.54 Å². The Labute approximate surface area is 183 Å². The zero-order valence-electron chi connectivity index (χ0n) is 15.9. The zero-order valence-corrected chi connectivity index (χ0v) is 18.3. The lowest BCUT2D eigenvalue weighted by Crippen LogP contribution is -2.30. The fourth-order valence-corrected chi connectivity index (χ4v) is 4.50. The van der Waals surface area contributed by atoms with E-state index in [-0.39, 0.29) is 5.91 Å². The van der Waals surface area contributed by atoms with Crippen LogP contribution in [0.4, 0.5) is 5.13 Å². The van der Waals surface area contributed by atoms with Crippen molar-refractivity contribution in [3.05, 3.63) is 93.0 Å². The van der Waals surface area contributed by atoms with Gasteiger partial charge in [0, 0.05) is 5.02 Å². The minimum absolute atomic E-state index is 0.228. The summed E-state index contributed by atoms with van der Waals surface area (Å²) in [5.74, 6) is -0.228. The Balaban J connectivity index is 1.82. The number of anilines is 1. The third-order valence-electron chi connectivity index (χ3n) is 4.81. The first-order valence-corrected chi connectivity index (χ1v) is 10.7. The molecule has 0 spiro atoms. The molecule has 1 heterocycles. The third-order valence-corrected chi connectivity index (χ3v) is 6.42. The average Bonchev–Trinajstić information content (AvgIpc) is 3.11. The van der Waals surface area contributed by atoms with E-state index in [1.807, 2.05) is 30.3 Å². The molecule has 0 aliphatic heterocycles. The second kappa shape index (κ2) is 8.15. The summed E-state index contributed by atoms with van der Waals surface area (Å²) >= 11 is 13.9. The number of halogens is 2. The van der Waals surface area contributed by atoms with E-state index in [0.717, 1.165) is 15.8 Å². The zero-order chi connectivity index (χ0) is 20.5.